The molecule has 0 saturated carbocycles. The zero-order valence-corrected chi connectivity index (χ0v) is 10.9. The summed E-state index contributed by atoms with van der Waals surface area (Å²) in [6.07, 6.45) is 0.851. The van der Waals surface area contributed by atoms with Gasteiger partial charge in [-0.1, -0.05) is 18.2 Å². The van der Waals surface area contributed by atoms with Crippen LogP contribution in [0.5, 0.6) is 0 Å². The number of hydrogen-bond acceptors (Lipinski definition) is 2. The molecule has 0 saturated heterocycles. The molecule has 1 N–H and O–H groups in total. The first-order valence-corrected chi connectivity index (χ1v) is 6.16. The Morgan fingerprint density at radius 2 is 1.90 bits per heavy atom. The van der Waals surface area contributed by atoms with Gasteiger partial charge in [0.25, 0.3) is 0 Å². The molecule has 0 aliphatic carbocycles. The molecule has 3 aromatic rings. The van der Waals surface area contributed by atoms with Crippen LogP contribution >= 0.6 is 0 Å². The predicted octanol–water partition coefficient (Wildman–Crippen LogP) is 3.39. The number of aryl methyl sites for hydroxylation is 1. The monoisotopic (exact) mass is 267 g/mol. The number of benzene rings is 2. The first kappa shape index (κ1) is 12.2. The Morgan fingerprint density at radius 1 is 1.15 bits per heavy atom. The van der Waals surface area contributed by atoms with Crippen molar-refractivity contribution < 1.29 is 9.90 Å². The van der Waals surface area contributed by atoms with Crippen LogP contribution < -0.4 is 4.90 Å². The summed E-state index contributed by atoms with van der Waals surface area (Å²) in [5.74, 6) is 0. The summed E-state index contributed by atoms with van der Waals surface area (Å²) in [5.41, 5.74) is 2.06. The van der Waals surface area contributed by atoms with Gasteiger partial charge in [-0.3, -0.25) is 4.68 Å². The van der Waals surface area contributed by atoms with E-state index in [1.807, 2.05) is 43.6 Å². The van der Waals surface area contributed by atoms with Crippen LogP contribution in [0, 0.1) is 0 Å². The minimum atomic E-state index is -1.01. The number of nitrogens with zero attached hydrogens (tertiary/aromatic N) is 3. The van der Waals surface area contributed by atoms with Gasteiger partial charge in [0.2, 0.25) is 0 Å². The Hall–Kier alpha value is -2.82. The summed E-state index contributed by atoms with van der Waals surface area (Å²) in [6.45, 7) is 0. The molecule has 5 nitrogen and oxygen atoms in total. The zero-order chi connectivity index (χ0) is 14.1. The first-order chi connectivity index (χ1) is 9.65. The SMILES string of the molecule is Cn1cc2cc(N(C(=O)O)c3ccccc3)ccc2n1. The molecule has 1 heterocycles. The molecular weight excluding hydrogens is 254 g/mol. The number of carbonyl (C=O) groups is 1. The van der Waals surface area contributed by atoms with Crippen molar-refractivity contribution in [2.45, 2.75) is 0 Å². The van der Waals surface area contributed by atoms with E-state index in [2.05, 4.69) is 5.10 Å². The third-order valence-corrected chi connectivity index (χ3v) is 3.07. The van der Waals surface area contributed by atoms with Crippen LogP contribution in [0.15, 0.2) is 54.7 Å². The van der Waals surface area contributed by atoms with Crippen LogP contribution in [0.1, 0.15) is 0 Å². The van der Waals surface area contributed by atoms with Crippen LogP contribution in [0.4, 0.5) is 16.2 Å². The smallest absolute Gasteiger partial charge is 0.416 e. The maximum atomic E-state index is 11.5. The van der Waals surface area contributed by atoms with Crippen molar-refractivity contribution in [1.29, 1.82) is 0 Å². The molecule has 0 aliphatic heterocycles. The second kappa shape index (κ2) is 4.70. The molecule has 0 spiro atoms. The molecule has 0 radical (unpaired) electrons. The van der Waals surface area contributed by atoms with Gasteiger partial charge in [-0.2, -0.15) is 5.10 Å². The third kappa shape index (κ3) is 2.09. The fraction of sp³-hybridized carbons (Fsp3) is 0.0667. The zero-order valence-electron chi connectivity index (χ0n) is 10.9. The van der Waals surface area contributed by atoms with Gasteiger partial charge in [0.15, 0.2) is 0 Å². The largest absolute Gasteiger partial charge is 0.464 e. The van der Waals surface area contributed by atoms with E-state index in [1.54, 1.807) is 22.9 Å². The van der Waals surface area contributed by atoms with Crippen molar-refractivity contribution >= 4 is 28.4 Å². The van der Waals surface area contributed by atoms with Crippen molar-refractivity contribution in [2.75, 3.05) is 4.90 Å². The topological polar surface area (TPSA) is 58.4 Å². The van der Waals surface area contributed by atoms with Gasteiger partial charge in [-0.05, 0) is 30.3 Å². The van der Waals surface area contributed by atoms with Gasteiger partial charge in [0, 0.05) is 18.6 Å². The lowest BCUT2D eigenvalue weighted by molar-refractivity contribution is 0.205. The molecule has 2 aromatic carbocycles. The summed E-state index contributed by atoms with van der Waals surface area (Å²) < 4.78 is 1.71. The number of para-hydroxylation sites is 1. The number of aromatic nitrogens is 2. The minimum absolute atomic E-state index is 0.601. The van der Waals surface area contributed by atoms with Crippen LogP contribution in [-0.4, -0.2) is 21.0 Å². The Morgan fingerprint density at radius 3 is 2.60 bits per heavy atom. The van der Waals surface area contributed by atoms with Crippen LogP contribution in [0.2, 0.25) is 0 Å². The summed E-state index contributed by atoms with van der Waals surface area (Å²) in [7, 11) is 1.84. The Bertz CT molecular complexity index is 765. The van der Waals surface area contributed by atoms with Crippen LogP contribution in [0.25, 0.3) is 10.9 Å². The molecule has 5 heteroatoms. The van der Waals surface area contributed by atoms with Gasteiger partial charge in [-0.15, -0.1) is 0 Å². The Balaban J connectivity index is 2.12. The highest BCUT2D eigenvalue weighted by atomic mass is 16.4. The molecule has 0 aliphatic rings. The fourth-order valence-electron chi connectivity index (χ4n) is 2.22. The molecular formula is C15H13N3O2. The summed E-state index contributed by atoms with van der Waals surface area (Å²) in [6, 6.07) is 14.4. The van der Waals surface area contributed by atoms with Crippen LogP contribution in [-0.2, 0) is 7.05 Å². The average molecular weight is 267 g/mol. The van der Waals surface area contributed by atoms with Crippen molar-refractivity contribution in [2.24, 2.45) is 7.05 Å². The van der Waals surface area contributed by atoms with Crippen LogP contribution in [0.3, 0.4) is 0 Å². The first-order valence-electron chi connectivity index (χ1n) is 6.16. The molecule has 0 bridgehead atoms. The summed E-state index contributed by atoms with van der Waals surface area (Å²) in [5, 5.41) is 14.7. The van der Waals surface area contributed by atoms with E-state index in [4.69, 9.17) is 0 Å². The fourth-order valence-corrected chi connectivity index (χ4v) is 2.22. The molecule has 0 unspecified atom stereocenters. The lowest BCUT2D eigenvalue weighted by atomic mass is 10.2. The second-order valence-corrected chi connectivity index (χ2v) is 4.50. The van der Waals surface area contributed by atoms with Gasteiger partial charge >= 0.3 is 6.09 Å². The molecule has 3 rings (SSSR count). The van der Waals surface area contributed by atoms with E-state index in [0.29, 0.717) is 11.4 Å². The average Bonchev–Trinajstić information content (AvgIpc) is 2.79. The van der Waals surface area contributed by atoms with E-state index in [0.717, 1.165) is 10.9 Å². The number of carboxylic acid groups (broad SMARTS) is 1. The predicted molar refractivity (Wildman–Crippen MR) is 77.3 cm³/mol. The molecule has 1 amide bonds. The number of fused-ring (bicyclic) bond motifs is 1. The molecule has 1 aromatic heterocycles. The Kier molecular flexibility index (Phi) is 2.87. The third-order valence-electron chi connectivity index (χ3n) is 3.07. The highest BCUT2D eigenvalue weighted by molar-refractivity contribution is 5.97. The van der Waals surface area contributed by atoms with Gasteiger partial charge < -0.3 is 5.11 Å². The maximum Gasteiger partial charge on any atom is 0.416 e. The van der Waals surface area contributed by atoms with Crippen molar-refractivity contribution in [1.82, 2.24) is 9.78 Å². The van der Waals surface area contributed by atoms with E-state index in [9.17, 15) is 9.90 Å². The number of anilines is 2. The highest BCUT2D eigenvalue weighted by Gasteiger charge is 2.17. The van der Waals surface area contributed by atoms with Gasteiger partial charge in [0.05, 0.1) is 16.9 Å². The second-order valence-electron chi connectivity index (χ2n) is 4.50. The van der Waals surface area contributed by atoms with Gasteiger partial charge in [-0.25, -0.2) is 9.69 Å². The number of amides is 1. The molecule has 100 valence electrons. The number of hydrogen-bond donors (Lipinski definition) is 1. The molecule has 20 heavy (non-hydrogen) atoms. The Labute approximate surface area is 115 Å². The van der Waals surface area contributed by atoms with E-state index in [1.165, 1.54) is 4.90 Å². The minimum Gasteiger partial charge on any atom is -0.464 e. The summed E-state index contributed by atoms with van der Waals surface area (Å²) in [4.78, 5) is 12.8. The van der Waals surface area contributed by atoms with Gasteiger partial charge in [0.1, 0.15) is 0 Å². The van der Waals surface area contributed by atoms with E-state index < -0.39 is 6.09 Å². The lowest BCUT2D eigenvalue weighted by Crippen LogP contribution is -2.23. The lowest BCUT2D eigenvalue weighted by Gasteiger charge is -2.19. The summed E-state index contributed by atoms with van der Waals surface area (Å²) >= 11 is 0. The number of rotatable bonds is 2. The van der Waals surface area contributed by atoms with E-state index in [-0.39, 0.29) is 0 Å². The van der Waals surface area contributed by atoms with E-state index >= 15 is 0 Å². The van der Waals surface area contributed by atoms with Crippen molar-refractivity contribution in [3.8, 4) is 0 Å². The molecule has 0 fully saturated rings. The quantitative estimate of drug-likeness (QED) is 0.774. The maximum absolute atomic E-state index is 11.5. The normalized spacial score (nSPS) is 10.7. The standard InChI is InChI=1S/C15H13N3O2/c1-17-10-11-9-13(7-8-14(11)16-17)18(15(19)20)12-5-3-2-4-6-12/h2-10H,1H3,(H,19,20). The van der Waals surface area contributed by atoms with Crippen molar-refractivity contribution in [3.05, 3.63) is 54.7 Å². The highest BCUT2D eigenvalue weighted by Crippen LogP contribution is 2.28. The van der Waals surface area contributed by atoms with Crippen molar-refractivity contribution in [3.63, 3.8) is 0 Å². The molecule has 0 atom stereocenters.